The van der Waals surface area contributed by atoms with E-state index in [1.165, 1.54) is 5.56 Å². The Morgan fingerprint density at radius 2 is 1.24 bits per heavy atom. The summed E-state index contributed by atoms with van der Waals surface area (Å²) in [5, 5.41) is 12.6. The summed E-state index contributed by atoms with van der Waals surface area (Å²) in [6.07, 6.45) is -0.328. The highest BCUT2D eigenvalue weighted by molar-refractivity contribution is 5.76. The predicted octanol–water partition coefficient (Wildman–Crippen LogP) is 4.63. The van der Waals surface area contributed by atoms with Gasteiger partial charge in [-0.1, -0.05) is 48.5 Å². The first-order chi connectivity index (χ1) is 12.2. The molecule has 3 aromatic rings. The monoisotopic (exact) mass is 332 g/mol. The number of para-hydroxylation sites is 2. The SMILES string of the molecule is C[C@H](O)CNCc1ccc(N(c2ccccc2)c2ccccc2)cc1. The van der Waals surface area contributed by atoms with Crippen molar-refractivity contribution in [1.29, 1.82) is 0 Å². The fourth-order valence-corrected chi connectivity index (χ4v) is 2.79. The summed E-state index contributed by atoms with van der Waals surface area (Å²) in [5.41, 5.74) is 4.59. The second-order valence-electron chi connectivity index (χ2n) is 6.15. The van der Waals surface area contributed by atoms with Crippen molar-refractivity contribution in [2.45, 2.75) is 19.6 Å². The van der Waals surface area contributed by atoms with Crippen molar-refractivity contribution in [1.82, 2.24) is 5.32 Å². The molecular weight excluding hydrogens is 308 g/mol. The van der Waals surface area contributed by atoms with Crippen molar-refractivity contribution in [3.8, 4) is 0 Å². The summed E-state index contributed by atoms with van der Waals surface area (Å²) in [6.45, 7) is 3.14. The Kier molecular flexibility index (Phi) is 5.83. The maximum atomic E-state index is 9.33. The molecule has 2 N–H and O–H groups in total. The van der Waals surface area contributed by atoms with E-state index in [9.17, 15) is 5.11 Å². The molecule has 0 amide bonds. The van der Waals surface area contributed by atoms with Gasteiger partial charge in [0, 0.05) is 30.2 Å². The number of rotatable bonds is 7. The first-order valence-electron chi connectivity index (χ1n) is 8.62. The minimum Gasteiger partial charge on any atom is -0.392 e. The quantitative estimate of drug-likeness (QED) is 0.662. The van der Waals surface area contributed by atoms with Crippen molar-refractivity contribution < 1.29 is 5.11 Å². The lowest BCUT2D eigenvalue weighted by Crippen LogP contribution is -2.23. The van der Waals surface area contributed by atoms with Crippen LogP contribution < -0.4 is 10.2 Å². The van der Waals surface area contributed by atoms with Crippen LogP contribution in [-0.4, -0.2) is 17.8 Å². The summed E-state index contributed by atoms with van der Waals surface area (Å²) in [5.74, 6) is 0. The lowest BCUT2D eigenvalue weighted by Gasteiger charge is -2.25. The molecule has 0 saturated carbocycles. The lowest BCUT2D eigenvalue weighted by atomic mass is 10.1. The first-order valence-corrected chi connectivity index (χ1v) is 8.62. The standard InChI is InChI=1S/C22H24N2O/c1-18(25)16-23-17-19-12-14-22(15-13-19)24(20-8-4-2-5-9-20)21-10-6-3-7-11-21/h2-15,18,23,25H,16-17H2,1H3/t18-/m0/s1. The third-order valence-electron chi connectivity index (χ3n) is 3.99. The van der Waals surface area contributed by atoms with Gasteiger partial charge >= 0.3 is 0 Å². The van der Waals surface area contributed by atoms with E-state index in [1.54, 1.807) is 6.92 Å². The zero-order chi connectivity index (χ0) is 17.5. The Hall–Kier alpha value is -2.62. The van der Waals surface area contributed by atoms with Crippen molar-refractivity contribution in [3.05, 3.63) is 90.5 Å². The van der Waals surface area contributed by atoms with E-state index in [-0.39, 0.29) is 6.10 Å². The average Bonchev–Trinajstić information content (AvgIpc) is 2.65. The molecule has 0 bridgehead atoms. The number of hydrogen-bond acceptors (Lipinski definition) is 3. The zero-order valence-corrected chi connectivity index (χ0v) is 14.5. The summed E-state index contributed by atoms with van der Waals surface area (Å²) in [4.78, 5) is 2.24. The van der Waals surface area contributed by atoms with E-state index in [2.05, 4.69) is 83.0 Å². The molecule has 3 nitrogen and oxygen atoms in total. The summed E-state index contributed by atoms with van der Waals surface area (Å²) in [6, 6.07) is 29.3. The van der Waals surface area contributed by atoms with Crippen LogP contribution in [-0.2, 0) is 6.54 Å². The second kappa shape index (κ2) is 8.47. The van der Waals surface area contributed by atoms with Crippen LogP contribution in [0.3, 0.4) is 0 Å². The van der Waals surface area contributed by atoms with Crippen LogP contribution in [0.15, 0.2) is 84.9 Å². The molecule has 0 aliphatic heterocycles. The molecule has 0 heterocycles. The normalized spacial score (nSPS) is 11.9. The molecule has 1 atom stereocenters. The molecule has 0 unspecified atom stereocenters. The minimum absolute atomic E-state index is 0.328. The van der Waals surface area contributed by atoms with Crippen LogP contribution in [0.2, 0.25) is 0 Å². The fourth-order valence-electron chi connectivity index (χ4n) is 2.79. The zero-order valence-electron chi connectivity index (χ0n) is 14.5. The third kappa shape index (κ3) is 4.69. The van der Waals surface area contributed by atoms with E-state index < -0.39 is 0 Å². The number of hydrogen-bond donors (Lipinski definition) is 2. The maximum absolute atomic E-state index is 9.33. The molecule has 3 aromatic carbocycles. The number of anilines is 3. The van der Waals surface area contributed by atoms with Gasteiger partial charge in [-0.25, -0.2) is 0 Å². The molecule has 0 spiro atoms. The molecule has 0 aromatic heterocycles. The number of nitrogens with zero attached hydrogens (tertiary/aromatic N) is 1. The van der Waals surface area contributed by atoms with E-state index in [4.69, 9.17) is 0 Å². The highest BCUT2D eigenvalue weighted by Crippen LogP contribution is 2.33. The van der Waals surface area contributed by atoms with Crippen LogP contribution in [0.1, 0.15) is 12.5 Å². The van der Waals surface area contributed by atoms with Gasteiger partial charge in [0.15, 0.2) is 0 Å². The molecule has 0 aliphatic rings. The van der Waals surface area contributed by atoms with E-state index in [0.29, 0.717) is 6.54 Å². The molecule has 25 heavy (non-hydrogen) atoms. The molecule has 0 fully saturated rings. The minimum atomic E-state index is -0.328. The summed E-state index contributed by atoms with van der Waals surface area (Å²) < 4.78 is 0. The van der Waals surface area contributed by atoms with Gasteiger partial charge in [0.25, 0.3) is 0 Å². The van der Waals surface area contributed by atoms with E-state index in [1.807, 2.05) is 12.1 Å². The van der Waals surface area contributed by atoms with Crippen LogP contribution in [0.25, 0.3) is 0 Å². The smallest absolute Gasteiger partial charge is 0.0636 e. The van der Waals surface area contributed by atoms with Crippen molar-refractivity contribution in [2.75, 3.05) is 11.4 Å². The van der Waals surface area contributed by atoms with E-state index in [0.717, 1.165) is 23.6 Å². The number of benzene rings is 3. The number of nitrogens with one attached hydrogen (secondary N) is 1. The second-order valence-corrected chi connectivity index (χ2v) is 6.15. The maximum Gasteiger partial charge on any atom is 0.0636 e. The Bertz CT molecular complexity index is 716. The highest BCUT2D eigenvalue weighted by atomic mass is 16.3. The number of aliphatic hydroxyl groups excluding tert-OH is 1. The van der Waals surface area contributed by atoms with Crippen LogP contribution in [0.4, 0.5) is 17.1 Å². The Morgan fingerprint density at radius 1 is 0.760 bits per heavy atom. The molecule has 0 saturated heterocycles. The Labute approximate surface area is 149 Å². The van der Waals surface area contributed by atoms with Gasteiger partial charge in [0.05, 0.1) is 6.10 Å². The van der Waals surface area contributed by atoms with E-state index >= 15 is 0 Å². The summed E-state index contributed by atoms with van der Waals surface area (Å²) >= 11 is 0. The predicted molar refractivity (Wildman–Crippen MR) is 105 cm³/mol. The van der Waals surface area contributed by atoms with Gasteiger partial charge in [-0.05, 0) is 48.9 Å². The molecule has 0 aliphatic carbocycles. The van der Waals surface area contributed by atoms with Crippen LogP contribution in [0, 0.1) is 0 Å². The number of aliphatic hydroxyl groups is 1. The largest absolute Gasteiger partial charge is 0.392 e. The van der Waals surface area contributed by atoms with Crippen molar-refractivity contribution in [3.63, 3.8) is 0 Å². The highest BCUT2D eigenvalue weighted by Gasteiger charge is 2.11. The molecular formula is C22H24N2O. The van der Waals surface area contributed by atoms with Gasteiger partial charge in [0.2, 0.25) is 0 Å². The first kappa shape index (κ1) is 17.2. The average molecular weight is 332 g/mol. The molecule has 3 heteroatoms. The van der Waals surface area contributed by atoms with Gasteiger partial charge in [-0.3, -0.25) is 0 Å². The van der Waals surface area contributed by atoms with Crippen molar-refractivity contribution in [2.24, 2.45) is 0 Å². The fraction of sp³-hybridized carbons (Fsp3) is 0.182. The van der Waals surface area contributed by atoms with Crippen molar-refractivity contribution >= 4 is 17.1 Å². The van der Waals surface area contributed by atoms with Crippen LogP contribution in [0.5, 0.6) is 0 Å². The molecule has 128 valence electrons. The van der Waals surface area contributed by atoms with Gasteiger partial charge in [0.1, 0.15) is 0 Å². The Balaban J connectivity index is 1.84. The van der Waals surface area contributed by atoms with Gasteiger partial charge in [-0.2, -0.15) is 0 Å². The van der Waals surface area contributed by atoms with Gasteiger partial charge in [-0.15, -0.1) is 0 Å². The summed E-state index contributed by atoms with van der Waals surface area (Å²) in [7, 11) is 0. The lowest BCUT2D eigenvalue weighted by molar-refractivity contribution is 0.191. The molecule has 0 radical (unpaired) electrons. The Morgan fingerprint density at radius 3 is 1.72 bits per heavy atom. The third-order valence-corrected chi connectivity index (χ3v) is 3.99. The molecule has 3 rings (SSSR count). The van der Waals surface area contributed by atoms with Crippen LogP contribution >= 0.6 is 0 Å². The topological polar surface area (TPSA) is 35.5 Å². The van der Waals surface area contributed by atoms with Gasteiger partial charge < -0.3 is 15.3 Å².